The molecule has 0 aromatic heterocycles. The quantitative estimate of drug-likeness (QED) is 0.318. The number of amidine groups is 1. The Balaban J connectivity index is 1.83. The monoisotopic (exact) mass is 433 g/mol. The highest BCUT2D eigenvalue weighted by molar-refractivity contribution is 6.34. The van der Waals surface area contributed by atoms with Gasteiger partial charge in [0.2, 0.25) is 0 Å². The number of carbonyl (C=O) groups excluding carboxylic acids is 1. The van der Waals surface area contributed by atoms with Gasteiger partial charge in [0.1, 0.15) is 17.3 Å². The van der Waals surface area contributed by atoms with E-state index >= 15 is 0 Å². The Morgan fingerprint density at radius 3 is 2.35 bits per heavy atom. The second-order valence-corrected chi connectivity index (χ2v) is 7.06. The largest absolute Gasteiger partial charge is 0.497 e. The van der Waals surface area contributed by atoms with Crippen molar-refractivity contribution in [2.45, 2.75) is 0 Å². The van der Waals surface area contributed by atoms with Gasteiger partial charge in [0.15, 0.2) is 0 Å². The molecule has 0 spiro atoms. The fourth-order valence-electron chi connectivity index (χ4n) is 3.20. The van der Waals surface area contributed by atoms with E-state index in [9.17, 15) is 14.9 Å². The number of para-hydroxylation sites is 1. The zero-order chi connectivity index (χ0) is 22.0. The maximum absolute atomic E-state index is 13.3. The van der Waals surface area contributed by atoms with Crippen molar-refractivity contribution in [1.29, 1.82) is 0 Å². The lowest BCUT2D eigenvalue weighted by molar-refractivity contribution is -0.385. The van der Waals surface area contributed by atoms with Gasteiger partial charge in [0.25, 0.3) is 11.6 Å². The number of amides is 1. The number of methoxy groups -OCH3 is 1. The fourth-order valence-corrected chi connectivity index (χ4v) is 3.33. The van der Waals surface area contributed by atoms with E-state index in [2.05, 4.69) is 4.99 Å². The highest BCUT2D eigenvalue weighted by Gasteiger charge is 2.33. The van der Waals surface area contributed by atoms with Crippen LogP contribution < -0.4 is 9.64 Å². The van der Waals surface area contributed by atoms with Crippen LogP contribution in [0.3, 0.4) is 0 Å². The van der Waals surface area contributed by atoms with E-state index in [1.807, 2.05) is 0 Å². The minimum absolute atomic E-state index is 0.0927. The number of carbonyl (C=O) groups is 1. The van der Waals surface area contributed by atoms with Crippen LogP contribution in [0.15, 0.2) is 83.5 Å². The first-order chi connectivity index (χ1) is 15.0. The van der Waals surface area contributed by atoms with E-state index in [-0.39, 0.29) is 11.4 Å². The second kappa shape index (κ2) is 8.41. The van der Waals surface area contributed by atoms with Gasteiger partial charge < -0.3 is 4.74 Å². The van der Waals surface area contributed by atoms with Gasteiger partial charge in [-0.2, -0.15) is 0 Å². The first kappa shape index (κ1) is 20.3. The van der Waals surface area contributed by atoms with Gasteiger partial charge >= 0.3 is 0 Å². The van der Waals surface area contributed by atoms with Crippen LogP contribution in [-0.2, 0) is 4.79 Å². The van der Waals surface area contributed by atoms with Gasteiger partial charge in [-0.1, -0.05) is 23.7 Å². The number of hydrogen-bond acceptors (Lipinski definition) is 5. The molecule has 8 heteroatoms. The van der Waals surface area contributed by atoms with Crippen LogP contribution in [0.4, 0.5) is 11.4 Å². The van der Waals surface area contributed by atoms with Crippen molar-refractivity contribution in [1.82, 2.24) is 0 Å². The molecular formula is C23H16ClN3O4. The molecule has 0 N–H and O–H groups in total. The number of nitro groups is 1. The number of aliphatic imine (C=N–C) groups is 1. The highest BCUT2D eigenvalue weighted by Crippen LogP contribution is 2.31. The fraction of sp³-hybridized carbons (Fsp3) is 0.0435. The third kappa shape index (κ3) is 4.04. The molecule has 0 atom stereocenters. The number of nitrogens with zero attached hydrogens (tertiary/aromatic N) is 3. The summed E-state index contributed by atoms with van der Waals surface area (Å²) in [6.07, 6.45) is 1.43. The van der Waals surface area contributed by atoms with Crippen molar-refractivity contribution >= 4 is 40.8 Å². The molecule has 3 aromatic rings. The van der Waals surface area contributed by atoms with Crippen LogP contribution in [-0.4, -0.2) is 23.8 Å². The minimum Gasteiger partial charge on any atom is -0.497 e. The summed E-state index contributed by atoms with van der Waals surface area (Å²) in [7, 11) is 1.56. The van der Waals surface area contributed by atoms with Crippen molar-refractivity contribution in [3.8, 4) is 5.75 Å². The van der Waals surface area contributed by atoms with Crippen molar-refractivity contribution in [3.63, 3.8) is 0 Å². The number of nitro benzene ring substituents is 1. The first-order valence-electron chi connectivity index (χ1n) is 9.26. The Hall–Kier alpha value is -3.97. The Morgan fingerprint density at radius 1 is 1.03 bits per heavy atom. The second-order valence-electron chi connectivity index (χ2n) is 6.63. The van der Waals surface area contributed by atoms with Gasteiger partial charge in [-0.15, -0.1) is 0 Å². The molecule has 1 aliphatic rings. The molecule has 0 unspecified atom stereocenters. The molecule has 0 saturated carbocycles. The standard InChI is InChI=1S/C23H16ClN3O4/c1-31-19-12-10-18(11-13-19)26-22(15-6-8-17(24)9-7-15)25-20(23(26)28)14-16-4-2-3-5-21(16)27(29)30/h2-14H,1H3/b20-14+. The molecule has 1 heterocycles. The van der Waals surface area contributed by atoms with Crippen molar-refractivity contribution < 1.29 is 14.5 Å². The number of hydrogen-bond donors (Lipinski definition) is 0. The average molecular weight is 434 g/mol. The maximum atomic E-state index is 13.3. The summed E-state index contributed by atoms with van der Waals surface area (Å²) in [6, 6.07) is 20.1. The third-order valence-electron chi connectivity index (χ3n) is 4.72. The molecule has 4 rings (SSSR count). The number of benzene rings is 3. The minimum atomic E-state index is -0.489. The predicted molar refractivity (Wildman–Crippen MR) is 120 cm³/mol. The maximum Gasteiger partial charge on any atom is 0.282 e. The predicted octanol–water partition coefficient (Wildman–Crippen LogP) is 5.09. The molecule has 0 aliphatic carbocycles. The zero-order valence-corrected chi connectivity index (χ0v) is 17.1. The Labute approximate surface area is 183 Å². The molecule has 1 amide bonds. The van der Waals surface area contributed by atoms with Crippen LogP contribution in [0, 0.1) is 10.1 Å². The summed E-state index contributed by atoms with van der Waals surface area (Å²) in [5.74, 6) is 0.654. The number of anilines is 1. The zero-order valence-electron chi connectivity index (χ0n) is 16.4. The summed E-state index contributed by atoms with van der Waals surface area (Å²) in [4.78, 5) is 30.2. The molecular weight excluding hydrogens is 418 g/mol. The van der Waals surface area contributed by atoms with E-state index in [1.165, 1.54) is 17.0 Å². The van der Waals surface area contributed by atoms with Gasteiger partial charge in [0, 0.05) is 16.7 Å². The Morgan fingerprint density at radius 2 is 1.71 bits per heavy atom. The van der Waals surface area contributed by atoms with E-state index in [1.54, 1.807) is 73.8 Å². The normalized spacial score (nSPS) is 14.6. The molecule has 31 heavy (non-hydrogen) atoms. The summed E-state index contributed by atoms with van der Waals surface area (Å²) in [5.41, 5.74) is 1.56. The van der Waals surface area contributed by atoms with Gasteiger partial charge in [-0.3, -0.25) is 19.8 Å². The number of halogens is 1. The molecule has 1 aliphatic heterocycles. The highest BCUT2D eigenvalue weighted by atomic mass is 35.5. The van der Waals surface area contributed by atoms with Gasteiger partial charge in [0.05, 0.1) is 23.3 Å². The van der Waals surface area contributed by atoms with E-state index in [0.29, 0.717) is 33.4 Å². The lowest BCUT2D eigenvalue weighted by Gasteiger charge is -2.19. The van der Waals surface area contributed by atoms with Crippen molar-refractivity contribution in [2.75, 3.05) is 12.0 Å². The van der Waals surface area contributed by atoms with Crippen molar-refractivity contribution in [2.24, 2.45) is 4.99 Å². The van der Waals surface area contributed by atoms with E-state index in [0.717, 1.165) is 0 Å². The summed E-state index contributed by atoms with van der Waals surface area (Å²) in [5, 5.41) is 11.9. The lowest BCUT2D eigenvalue weighted by atomic mass is 10.1. The first-order valence-corrected chi connectivity index (χ1v) is 9.64. The topological polar surface area (TPSA) is 85.0 Å². The van der Waals surface area contributed by atoms with Crippen LogP contribution in [0.1, 0.15) is 11.1 Å². The molecule has 0 saturated heterocycles. The summed E-state index contributed by atoms with van der Waals surface area (Å²) in [6.45, 7) is 0. The van der Waals surface area contributed by atoms with Crippen LogP contribution in [0.5, 0.6) is 5.75 Å². The van der Waals surface area contributed by atoms with E-state index in [4.69, 9.17) is 16.3 Å². The molecule has 154 valence electrons. The molecule has 0 radical (unpaired) electrons. The van der Waals surface area contributed by atoms with Crippen LogP contribution in [0.2, 0.25) is 5.02 Å². The van der Waals surface area contributed by atoms with Gasteiger partial charge in [-0.25, -0.2) is 4.99 Å². The molecule has 0 fully saturated rings. The number of ether oxygens (including phenoxy) is 1. The Bertz CT molecular complexity index is 1220. The summed E-state index contributed by atoms with van der Waals surface area (Å²) >= 11 is 6.01. The summed E-state index contributed by atoms with van der Waals surface area (Å²) < 4.78 is 5.20. The SMILES string of the molecule is COc1ccc(N2C(=O)/C(=C\c3ccccc3[N+](=O)[O-])N=C2c2ccc(Cl)cc2)cc1. The van der Waals surface area contributed by atoms with Crippen LogP contribution >= 0.6 is 11.6 Å². The van der Waals surface area contributed by atoms with Crippen molar-refractivity contribution in [3.05, 3.63) is 105 Å². The average Bonchev–Trinajstić information content (AvgIpc) is 3.10. The van der Waals surface area contributed by atoms with Crippen LogP contribution in [0.25, 0.3) is 6.08 Å². The third-order valence-corrected chi connectivity index (χ3v) is 4.97. The van der Waals surface area contributed by atoms with Gasteiger partial charge in [-0.05, 0) is 60.7 Å². The molecule has 3 aromatic carbocycles. The Kier molecular flexibility index (Phi) is 5.51. The molecule has 0 bridgehead atoms. The smallest absolute Gasteiger partial charge is 0.282 e. The number of rotatable bonds is 5. The molecule has 7 nitrogen and oxygen atoms in total. The van der Waals surface area contributed by atoms with E-state index < -0.39 is 10.8 Å². The lowest BCUT2D eigenvalue weighted by Crippen LogP contribution is -2.32.